The molecule has 1 aliphatic rings. The Hall–Kier alpha value is -2.08. The smallest absolute Gasteiger partial charge is 0.311 e. The Labute approximate surface area is 110 Å². The van der Waals surface area contributed by atoms with Gasteiger partial charge in [-0.3, -0.25) is 9.59 Å². The van der Waals surface area contributed by atoms with Gasteiger partial charge in [0.1, 0.15) is 5.75 Å². The summed E-state index contributed by atoms with van der Waals surface area (Å²) >= 11 is 0. The number of hydrogen-bond donors (Lipinski definition) is 3. The fourth-order valence-electron chi connectivity index (χ4n) is 2.00. The van der Waals surface area contributed by atoms with Crippen LogP contribution >= 0.6 is 0 Å². The van der Waals surface area contributed by atoms with E-state index in [4.69, 9.17) is 14.9 Å². The van der Waals surface area contributed by atoms with E-state index in [1.54, 1.807) is 25.1 Å². The Morgan fingerprint density at radius 2 is 2.26 bits per heavy atom. The number of anilines is 1. The van der Waals surface area contributed by atoms with E-state index in [-0.39, 0.29) is 18.9 Å². The van der Waals surface area contributed by atoms with Crippen LogP contribution in [0.3, 0.4) is 0 Å². The lowest BCUT2D eigenvalue weighted by molar-refractivity contribution is -0.139. The lowest BCUT2D eigenvalue weighted by Crippen LogP contribution is -2.34. The Morgan fingerprint density at radius 3 is 2.89 bits per heavy atom. The quantitative estimate of drug-likeness (QED) is 0.753. The average Bonchev–Trinajstić information content (AvgIpc) is 2.36. The molecule has 102 valence electrons. The first-order valence-corrected chi connectivity index (χ1v) is 5.98. The van der Waals surface area contributed by atoms with Gasteiger partial charge in [-0.05, 0) is 31.0 Å². The van der Waals surface area contributed by atoms with Crippen LogP contribution in [-0.2, 0) is 9.59 Å². The molecule has 0 radical (unpaired) electrons. The molecule has 1 amide bonds. The SMILES string of the molecule is CC1Oc2ccc(C(CCO)C(=O)O)cc2NC1=O. The van der Waals surface area contributed by atoms with Gasteiger partial charge in [0.25, 0.3) is 5.91 Å². The zero-order valence-corrected chi connectivity index (χ0v) is 10.4. The second kappa shape index (κ2) is 5.27. The molecule has 3 N–H and O–H groups in total. The zero-order chi connectivity index (χ0) is 14.0. The van der Waals surface area contributed by atoms with Gasteiger partial charge in [-0.2, -0.15) is 0 Å². The maximum atomic E-state index is 11.5. The normalized spacial score (nSPS) is 19.1. The highest BCUT2D eigenvalue weighted by Gasteiger charge is 2.26. The Kier molecular flexibility index (Phi) is 3.71. The van der Waals surface area contributed by atoms with E-state index in [2.05, 4.69) is 5.32 Å². The number of ether oxygens (including phenoxy) is 1. The minimum Gasteiger partial charge on any atom is -0.481 e. The van der Waals surface area contributed by atoms with Crippen LogP contribution in [0, 0.1) is 0 Å². The van der Waals surface area contributed by atoms with Crippen molar-refractivity contribution in [2.45, 2.75) is 25.4 Å². The predicted octanol–water partition coefficient (Wildman–Crippen LogP) is 0.957. The minimum absolute atomic E-state index is 0.124. The molecule has 2 unspecified atom stereocenters. The first-order valence-electron chi connectivity index (χ1n) is 5.98. The Bertz CT molecular complexity index is 514. The van der Waals surface area contributed by atoms with Gasteiger partial charge in [0.05, 0.1) is 11.6 Å². The van der Waals surface area contributed by atoms with Crippen molar-refractivity contribution in [3.63, 3.8) is 0 Å². The van der Waals surface area contributed by atoms with Crippen LogP contribution in [0.25, 0.3) is 0 Å². The molecule has 6 heteroatoms. The van der Waals surface area contributed by atoms with Gasteiger partial charge in [-0.15, -0.1) is 0 Å². The molecule has 1 aromatic rings. The topological polar surface area (TPSA) is 95.9 Å². The number of carbonyl (C=O) groups is 2. The highest BCUT2D eigenvalue weighted by Crippen LogP contribution is 2.33. The molecule has 2 rings (SSSR count). The van der Waals surface area contributed by atoms with Gasteiger partial charge in [-0.1, -0.05) is 6.07 Å². The van der Waals surface area contributed by atoms with Crippen LogP contribution in [0.2, 0.25) is 0 Å². The largest absolute Gasteiger partial charge is 0.481 e. The summed E-state index contributed by atoms with van der Waals surface area (Å²) in [6.07, 6.45) is -0.439. The fraction of sp³-hybridized carbons (Fsp3) is 0.385. The number of hydrogen-bond acceptors (Lipinski definition) is 4. The van der Waals surface area contributed by atoms with Crippen molar-refractivity contribution in [1.82, 2.24) is 0 Å². The number of carboxylic acid groups (broad SMARTS) is 1. The highest BCUT2D eigenvalue weighted by molar-refractivity contribution is 5.97. The van der Waals surface area contributed by atoms with Crippen LogP contribution in [0.4, 0.5) is 5.69 Å². The first-order chi connectivity index (χ1) is 9.02. The number of aliphatic hydroxyl groups is 1. The van der Waals surface area contributed by atoms with Crippen LogP contribution in [0.1, 0.15) is 24.8 Å². The monoisotopic (exact) mass is 265 g/mol. The maximum absolute atomic E-state index is 11.5. The number of carbonyl (C=O) groups excluding carboxylic acids is 1. The van der Waals surface area contributed by atoms with Crippen molar-refractivity contribution < 1.29 is 24.5 Å². The van der Waals surface area contributed by atoms with E-state index in [0.29, 0.717) is 17.0 Å². The molecular weight excluding hydrogens is 250 g/mol. The van der Waals surface area contributed by atoms with Gasteiger partial charge in [0.15, 0.2) is 6.10 Å². The molecule has 19 heavy (non-hydrogen) atoms. The van der Waals surface area contributed by atoms with E-state index in [1.807, 2.05) is 0 Å². The molecule has 2 atom stereocenters. The molecule has 0 spiro atoms. The number of aliphatic carboxylic acids is 1. The van der Waals surface area contributed by atoms with Gasteiger partial charge in [0.2, 0.25) is 0 Å². The van der Waals surface area contributed by atoms with Crippen LogP contribution in [0.15, 0.2) is 18.2 Å². The van der Waals surface area contributed by atoms with Crippen LogP contribution in [-0.4, -0.2) is 34.8 Å². The van der Waals surface area contributed by atoms with Crippen molar-refractivity contribution in [3.05, 3.63) is 23.8 Å². The van der Waals surface area contributed by atoms with Gasteiger partial charge in [-0.25, -0.2) is 0 Å². The molecule has 0 saturated heterocycles. The van der Waals surface area contributed by atoms with Crippen molar-refractivity contribution in [2.24, 2.45) is 0 Å². The average molecular weight is 265 g/mol. The summed E-state index contributed by atoms with van der Waals surface area (Å²) in [5.74, 6) is -1.56. The minimum atomic E-state index is -1.01. The molecule has 0 aromatic heterocycles. The van der Waals surface area contributed by atoms with Gasteiger partial charge < -0.3 is 20.3 Å². The lowest BCUT2D eigenvalue weighted by atomic mass is 9.95. The summed E-state index contributed by atoms with van der Waals surface area (Å²) in [5, 5.41) is 20.7. The predicted molar refractivity (Wildman–Crippen MR) is 67.2 cm³/mol. The van der Waals surface area contributed by atoms with Gasteiger partial charge in [0, 0.05) is 6.61 Å². The Morgan fingerprint density at radius 1 is 1.53 bits per heavy atom. The molecule has 1 aliphatic heterocycles. The van der Waals surface area contributed by atoms with Crippen molar-refractivity contribution in [1.29, 1.82) is 0 Å². The molecule has 0 bridgehead atoms. The highest BCUT2D eigenvalue weighted by atomic mass is 16.5. The van der Waals surface area contributed by atoms with E-state index in [1.165, 1.54) is 0 Å². The third-order valence-electron chi connectivity index (χ3n) is 3.05. The second-order valence-electron chi connectivity index (χ2n) is 4.41. The molecular formula is C13H15NO5. The standard InChI is InChI=1S/C13H15NO5/c1-7-12(16)14-10-6-8(2-3-11(10)19-7)9(4-5-15)13(17)18/h2-3,6-7,9,15H,4-5H2,1H3,(H,14,16)(H,17,18). The van der Waals surface area contributed by atoms with E-state index in [0.717, 1.165) is 0 Å². The molecule has 0 saturated carbocycles. The summed E-state index contributed by atoms with van der Waals surface area (Å²) in [5.41, 5.74) is 0.989. The summed E-state index contributed by atoms with van der Waals surface area (Å²) in [6, 6.07) is 4.85. The third-order valence-corrected chi connectivity index (χ3v) is 3.05. The van der Waals surface area contributed by atoms with E-state index < -0.39 is 18.0 Å². The van der Waals surface area contributed by atoms with Crippen molar-refractivity contribution in [2.75, 3.05) is 11.9 Å². The molecule has 0 fully saturated rings. The van der Waals surface area contributed by atoms with Crippen molar-refractivity contribution in [3.8, 4) is 5.75 Å². The van der Waals surface area contributed by atoms with Gasteiger partial charge >= 0.3 is 5.97 Å². The molecule has 1 heterocycles. The fourth-order valence-corrected chi connectivity index (χ4v) is 2.00. The van der Waals surface area contributed by atoms with Crippen LogP contribution < -0.4 is 10.1 Å². The number of aliphatic hydroxyl groups excluding tert-OH is 1. The van der Waals surface area contributed by atoms with Crippen LogP contribution in [0.5, 0.6) is 5.75 Å². The number of nitrogens with one attached hydrogen (secondary N) is 1. The van der Waals surface area contributed by atoms with E-state index >= 15 is 0 Å². The number of amides is 1. The Balaban J connectivity index is 2.32. The molecule has 0 aliphatic carbocycles. The summed E-state index contributed by atoms with van der Waals surface area (Å²) in [6.45, 7) is 1.42. The van der Waals surface area contributed by atoms with E-state index in [9.17, 15) is 9.59 Å². The third kappa shape index (κ3) is 2.68. The summed E-state index contributed by atoms with van der Waals surface area (Å²) < 4.78 is 5.39. The number of carboxylic acids is 1. The summed E-state index contributed by atoms with van der Waals surface area (Å²) in [7, 11) is 0. The number of benzene rings is 1. The first kappa shape index (κ1) is 13.4. The lowest BCUT2D eigenvalue weighted by Gasteiger charge is -2.24. The molecule has 1 aromatic carbocycles. The number of fused-ring (bicyclic) bond motifs is 1. The number of rotatable bonds is 4. The zero-order valence-electron chi connectivity index (χ0n) is 10.4. The van der Waals surface area contributed by atoms with Crippen molar-refractivity contribution >= 4 is 17.6 Å². The maximum Gasteiger partial charge on any atom is 0.311 e. The summed E-state index contributed by atoms with van der Waals surface area (Å²) in [4.78, 5) is 22.6. The second-order valence-corrected chi connectivity index (χ2v) is 4.41. The molecule has 6 nitrogen and oxygen atoms in total.